The van der Waals surface area contributed by atoms with Gasteiger partial charge in [-0.05, 0) is 33.8 Å². The summed E-state index contributed by atoms with van der Waals surface area (Å²) in [5.74, 6) is -6.00. The Bertz CT molecular complexity index is 1900. The zero-order valence-corrected chi connectivity index (χ0v) is 33.9. The number of ketones is 3. The van der Waals surface area contributed by atoms with E-state index in [9.17, 15) is 19.2 Å². The third-order valence-corrected chi connectivity index (χ3v) is 10.9. The molecular formula is C42H53NO12. The lowest BCUT2D eigenvalue weighted by Crippen LogP contribution is -2.56. The van der Waals surface area contributed by atoms with Crippen LogP contribution in [-0.4, -0.2) is 86.5 Å². The van der Waals surface area contributed by atoms with E-state index >= 15 is 0 Å². The van der Waals surface area contributed by atoms with Crippen LogP contribution in [0, 0.1) is 30.6 Å². The van der Waals surface area contributed by atoms with Crippen molar-refractivity contribution in [2.75, 3.05) is 21.3 Å². The minimum Gasteiger partial charge on any atom is -0.496 e. The quantitative estimate of drug-likeness (QED) is 0.303. The second-order valence-corrected chi connectivity index (χ2v) is 15.3. The molecule has 1 fully saturated rings. The second kappa shape index (κ2) is 15.9. The Morgan fingerprint density at radius 2 is 1.53 bits per heavy atom. The van der Waals surface area contributed by atoms with E-state index in [-0.39, 0.29) is 69.7 Å². The summed E-state index contributed by atoms with van der Waals surface area (Å²) >= 11 is 0. The van der Waals surface area contributed by atoms with Gasteiger partial charge in [0.2, 0.25) is 11.7 Å². The lowest BCUT2D eigenvalue weighted by Gasteiger charge is -2.50. The smallest absolute Gasteiger partial charge is 0.312 e. The molecule has 55 heavy (non-hydrogen) atoms. The fraction of sp³-hybridized carbons (Fsp3) is 0.548. The van der Waals surface area contributed by atoms with E-state index in [1.165, 1.54) is 41.4 Å². The molecule has 7 bridgehead atoms. The molecule has 1 saturated heterocycles. The van der Waals surface area contributed by atoms with Crippen molar-refractivity contribution >= 4 is 29.2 Å². The molecule has 1 aliphatic carbocycles. The first-order valence-corrected chi connectivity index (χ1v) is 18.5. The van der Waals surface area contributed by atoms with E-state index in [1.54, 1.807) is 26.0 Å². The number of carbonyl (C=O) groups excluding carboxylic acids is 4. The number of allylic oxidation sites excluding steroid dienone is 4. The summed E-state index contributed by atoms with van der Waals surface area (Å²) in [6.07, 6.45) is 7.64. The Balaban J connectivity index is 1.67. The largest absolute Gasteiger partial charge is 0.496 e. The van der Waals surface area contributed by atoms with Crippen LogP contribution in [-0.2, 0) is 33.2 Å². The third-order valence-electron chi connectivity index (χ3n) is 10.9. The molecule has 9 unspecified atom stereocenters. The van der Waals surface area contributed by atoms with Gasteiger partial charge < -0.3 is 37.9 Å². The third kappa shape index (κ3) is 7.79. The maximum Gasteiger partial charge on any atom is 0.312 e. The monoisotopic (exact) mass is 763 g/mol. The van der Waals surface area contributed by atoms with Crippen LogP contribution in [0.2, 0.25) is 0 Å². The first-order chi connectivity index (χ1) is 25.8. The van der Waals surface area contributed by atoms with Crippen molar-refractivity contribution in [2.45, 2.75) is 105 Å². The van der Waals surface area contributed by atoms with E-state index < -0.39 is 53.0 Å². The molecule has 4 aliphatic heterocycles. The van der Waals surface area contributed by atoms with E-state index in [0.717, 1.165) is 6.08 Å². The Morgan fingerprint density at radius 1 is 0.855 bits per heavy atom. The number of benzene rings is 1. The molecule has 0 saturated carbocycles. The SMILES string of the molecule is COC1=NC2=CC(=O)c3c(c(OC)c(C)c4c3C(=O)C(C)(OC=CC(OC)C(C)C(OC(C)=O)C(C)C3OC(C)(C)OC(C(C)C=CC=C1C)C3C)O4)C2=O. The fourth-order valence-electron chi connectivity index (χ4n) is 8.10. The van der Waals surface area contributed by atoms with Crippen LogP contribution in [0.4, 0.5) is 0 Å². The van der Waals surface area contributed by atoms with Crippen molar-refractivity contribution in [1.29, 1.82) is 0 Å². The maximum atomic E-state index is 14.2. The van der Waals surface area contributed by atoms with Gasteiger partial charge in [-0.15, -0.1) is 0 Å². The van der Waals surface area contributed by atoms with E-state index in [4.69, 9.17) is 37.9 Å². The van der Waals surface area contributed by atoms with Gasteiger partial charge in [0.1, 0.15) is 23.3 Å². The summed E-state index contributed by atoms with van der Waals surface area (Å²) in [5.41, 5.74) is 0.370. The highest BCUT2D eigenvalue weighted by Crippen LogP contribution is 2.48. The van der Waals surface area contributed by atoms with Gasteiger partial charge >= 0.3 is 11.8 Å². The van der Waals surface area contributed by atoms with Crippen molar-refractivity contribution in [2.24, 2.45) is 28.7 Å². The zero-order chi connectivity index (χ0) is 40.7. The molecule has 1 aromatic rings. The van der Waals surface area contributed by atoms with Crippen molar-refractivity contribution in [3.8, 4) is 11.5 Å². The highest BCUT2D eigenvalue weighted by atomic mass is 16.7. The first-order valence-electron chi connectivity index (χ1n) is 18.5. The van der Waals surface area contributed by atoms with E-state index in [0.29, 0.717) is 11.1 Å². The molecule has 0 radical (unpaired) electrons. The van der Waals surface area contributed by atoms with Gasteiger partial charge in [-0.25, -0.2) is 4.99 Å². The van der Waals surface area contributed by atoms with Crippen LogP contribution in [0.25, 0.3) is 0 Å². The number of hydrogen-bond donors (Lipinski definition) is 0. The Labute approximate surface area is 322 Å². The number of nitrogens with zero attached hydrogens (tertiary/aromatic N) is 1. The standard InChI is InChI=1S/C42H53NO12/c1-20-15-14-16-21(2)40(50-13)43-27-19-28(45)30-31(33(27)46)37(49-12)25(6)38-32(30)39(47)42(10,55-38)51-18-17-29(48-11)22(3)35(52-26(7)44)24(5)36-23(4)34(20)53-41(8,9)54-36/h14-20,22-24,29,34-36H,1-13H3. The van der Waals surface area contributed by atoms with Gasteiger partial charge in [-0.3, -0.25) is 19.2 Å². The summed E-state index contributed by atoms with van der Waals surface area (Å²) in [4.78, 5) is 59.2. The van der Waals surface area contributed by atoms with Crippen molar-refractivity contribution < 1.29 is 57.1 Å². The molecule has 1 aromatic carbocycles. The first kappa shape index (κ1) is 41.6. The normalized spacial score (nSPS) is 32.2. The number of hydrogen-bond acceptors (Lipinski definition) is 13. The average Bonchev–Trinajstić information content (AvgIpc) is 3.39. The molecular weight excluding hydrogens is 710 g/mol. The van der Waals surface area contributed by atoms with Crippen LogP contribution < -0.4 is 9.47 Å². The number of fused-ring (bicyclic) bond motifs is 9. The van der Waals surface area contributed by atoms with E-state index in [1.807, 2.05) is 39.8 Å². The molecule has 13 nitrogen and oxygen atoms in total. The molecule has 9 atom stereocenters. The Kier molecular flexibility index (Phi) is 12.0. The van der Waals surface area contributed by atoms with Gasteiger partial charge in [-0.1, -0.05) is 45.9 Å². The highest BCUT2D eigenvalue weighted by Gasteiger charge is 2.52. The van der Waals surface area contributed by atoms with E-state index in [2.05, 4.69) is 18.8 Å². The topological polar surface area (TPSA) is 154 Å². The fourth-order valence-corrected chi connectivity index (χ4v) is 8.10. The Hall–Kier alpha value is -4.59. The molecule has 6 rings (SSSR count). The number of rotatable bonds is 3. The molecule has 0 aromatic heterocycles. The second-order valence-electron chi connectivity index (χ2n) is 15.3. The summed E-state index contributed by atoms with van der Waals surface area (Å²) in [7, 11) is 4.31. The highest BCUT2D eigenvalue weighted by molar-refractivity contribution is 6.30. The number of methoxy groups -OCH3 is 3. The lowest BCUT2D eigenvalue weighted by atomic mass is 9.77. The molecule has 5 aliphatic rings. The number of Topliss-reactive ketones (excluding diaryl/α,β-unsaturated/α-hetero) is 2. The van der Waals surface area contributed by atoms with Gasteiger partial charge in [0.05, 0.1) is 55.5 Å². The van der Waals surface area contributed by atoms with Crippen LogP contribution in [0.5, 0.6) is 11.5 Å². The predicted octanol–water partition coefficient (Wildman–Crippen LogP) is 6.66. The number of esters is 1. The van der Waals surface area contributed by atoms with Crippen molar-refractivity contribution in [3.63, 3.8) is 0 Å². The summed E-state index contributed by atoms with van der Waals surface area (Å²) in [5, 5.41) is 0. The predicted molar refractivity (Wildman–Crippen MR) is 202 cm³/mol. The van der Waals surface area contributed by atoms with Crippen molar-refractivity contribution in [3.05, 3.63) is 70.2 Å². The minimum absolute atomic E-state index is 0.0631. The lowest BCUT2D eigenvalue weighted by molar-refractivity contribution is -0.336. The average molecular weight is 764 g/mol. The van der Waals surface area contributed by atoms with Gasteiger partial charge in [0, 0.05) is 61.8 Å². The van der Waals surface area contributed by atoms with Crippen LogP contribution in [0.3, 0.4) is 0 Å². The van der Waals surface area contributed by atoms with Gasteiger partial charge in [-0.2, -0.15) is 0 Å². The number of carbonyl (C=O) groups is 4. The summed E-state index contributed by atoms with van der Waals surface area (Å²) in [6.45, 7) is 17.9. The van der Waals surface area contributed by atoms with Crippen LogP contribution in [0.1, 0.15) is 99.0 Å². The Morgan fingerprint density at radius 3 is 2.15 bits per heavy atom. The van der Waals surface area contributed by atoms with Crippen molar-refractivity contribution in [1.82, 2.24) is 0 Å². The molecule has 0 amide bonds. The molecule has 13 heteroatoms. The number of aliphatic imine (C=N–C) groups is 1. The minimum atomic E-state index is -1.92. The van der Waals surface area contributed by atoms with Gasteiger partial charge in [0.25, 0.3) is 5.78 Å². The van der Waals surface area contributed by atoms with Crippen LogP contribution in [0.15, 0.2) is 52.9 Å². The number of ether oxygens (including phenoxy) is 8. The summed E-state index contributed by atoms with van der Waals surface area (Å²) in [6, 6.07) is 0. The van der Waals surface area contributed by atoms with Crippen LogP contribution >= 0.6 is 0 Å². The molecule has 298 valence electrons. The van der Waals surface area contributed by atoms with Gasteiger partial charge in [0.15, 0.2) is 11.6 Å². The maximum absolute atomic E-state index is 14.2. The molecule has 0 N–H and O–H groups in total. The summed E-state index contributed by atoms with van der Waals surface area (Å²) < 4.78 is 48.4. The molecule has 0 spiro atoms. The molecule has 4 heterocycles. The zero-order valence-electron chi connectivity index (χ0n) is 33.9.